The van der Waals surface area contributed by atoms with Gasteiger partial charge < -0.3 is 9.72 Å². The molecule has 28 heavy (non-hydrogen) atoms. The van der Waals surface area contributed by atoms with E-state index in [0.717, 1.165) is 33.6 Å². The maximum atomic E-state index is 6.05. The summed E-state index contributed by atoms with van der Waals surface area (Å²) in [5.41, 5.74) is 5.12. The van der Waals surface area contributed by atoms with Gasteiger partial charge in [0.15, 0.2) is 0 Å². The van der Waals surface area contributed by atoms with Crippen LogP contribution in [0.25, 0.3) is 33.1 Å². The molecule has 0 radical (unpaired) electrons. The number of aromatic amines is 1. The molecule has 0 unspecified atom stereocenters. The Morgan fingerprint density at radius 3 is 2.68 bits per heavy atom. The number of ether oxygens (including phenoxy) is 1. The van der Waals surface area contributed by atoms with Gasteiger partial charge in [-0.05, 0) is 42.0 Å². The van der Waals surface area contributed by atoms with Crippen LogP contribution in [0.3, 0.4) is 0 Å². The topological polar surface area (TPSA) is 37.9 Å². The molecule has 2 aromatic heterocycles. The molecule has 0 saturated carbocycles. The molecule has 5 rings (SSSR count). The third kappa shape index (κ3) is 3.10. The van der Waals surface area contributed by atoms with Crippen LogP contribution in [0.5, 0.6) is 5.75 Å². The molecule has 0 aliphatic heterocycles. The zero-order valence-electron chi connectivity index (χ0n) is 15.0. The first-order valence-electron chi connectivity index (χ1n) is 9.11. The van der Waals surface area contributed by atoms with E-state index in [9.17, 15) is 0 Å². The summed E-state index contributed by atoms with van der Waals surface area (Å²) in [5.74, 6) is 0.799. The highest BCUT2D eigenvalue weighted by Gasteiger charge is 2.11. The molecule has 0 aliphatic carbocycles. The van der Waals surface area contributed by atoms with Crippen molar-refractivity contribution in [1.29, 1.82) is 0 Å². The molecule has 0 aliphatic rings. The molecule has 0 bridgehead atoms. The molecule has 4 heteroatoms. The van der Waals surface area contributed by atoms with Gasteiger partial charge in [0, 0.05) is 33.1 Å². The lowest BCUT2D eigenvalue weighted by Crippen LogP contribution is -1.95. The van der Waals surface area contributed by atoms with Crippen LogP contribution in [-0.4, -0.2) is 9.97 Å². The first-order valence-corrected chi connectivity index (χ1v) is 9.49. The number of para-hydroxylation sites is 1. The number of nitrogens with one attached hydrogen (secondary N) is 1. The number of fused-ring (bicyclic) bond motifs is 3. The van der Waals surface area contributed by atoms with Gasteiger partial charge in [0.05, 0.1) is 11.2 Å². The lowest BCUT2D eigenvalue weighted by molar-refractivity contribution is 0.306. The second kappa shape index (κ2) is 7.02. The first-order chi connectivity index (χ1) is 13.8. The summed E-state index contributed by atoms with van der Waals surface area (Å²) in [4.78, 5) is 8.15. The van der Waals surface area contributed by atoms with E-state index in [1.807, 2.05) is 54.7 Å². The summed E-state index contributed by atoms with van der Waals surface area (Å²) < 4.78 is 5.98. The SMILES string of the molecule is Clc1cccc(COc2cccc(-c3nccc4c3[nH]c3ccccc34)c2)c1. The summed E-state index contributed by atoms with van der Waals surface area (Å²) in [6.45, 7) is 0.466. The first kappa shape index (κ1) is 16.8. The predicted octanol–water partition coefficient (Wildman–Crippen LogP) is 6.62. The normalized spacial score (nSPS) is 11.2. The number of hydrogen-bond acceptors (Lipinski definition) is 2. The smallest absolute Gasteiger partial charge is 0.120 e. The second-order valence-corrected chi connectivity index (χ2v) is 7.14. The van der Waals surface area contributed by atoms with Crippen LogP contribution in [0.1, 0.15) is 5.56 Å². The summed E-state index contributed by atoms with van der Waals surface area (Å²) in [6.07, 6.45) is 1.86. The molecule has 0 amide bonds. The van der Waals surface area contributed by atoms with Crippen LogP contribution < -0.4 is 4.74 Å². The molecule has 136 valence electrons. The van der Waals surface area contributed by atoms with Crippen molar-refractivity contribution in [3.05, 3.63) is 95.6 Å². The number of H-pyrrole nitrogens is 1. The number of hydrogen-bond donors (Lipinski definition) is 1. The van der Waals surface area contributed by atoms with Crippen molar-refractivity contribution >= 4 is 33.4 Å². The number of nitrogens with zero attached hydrogens (tertiary/aromatic N) is 1. The van der Waals surface area contributed by atoms with Gasteiger partial charge in [-0.3, -0.25) is 4.98 Å². The van der Waals surface area contributed by atoms with E-state index in [1.165, 1.54) is 10.8 Å². The highest BCUT2D eigenvalue weighted by molar-refractivity contribution is 6.30. The molecular formula is C24H17ClN2O. The largest absolute Gasteiger partial charge is 0.489 e. The van der Waals surface area contributed by atoms with Gasteiger partial charge in [-0.2, -0.15) is 0 Å². The Labute approximate surface area is 167 Å². The predicted molar refractivity (Wildman–Crippen MR) is 115 cm³/mol. The molecule has 0 fully saturated rings. The quantitative estimate of drug-likeness (QED) is 0.378. The van der Waals surface area contributed by atoms with Crippen LogP contribution in [0.4, 0.5) is 0 Å². The van der Waals surface area contributed by atoms with Crippen molar-refractivity contribution in [3.63, 3.8) is 0 Å². The zero-order chi connectivity index (χ0) is 18.9. The fourth-order valence-corrected chi connectivity index (χ4v) is 3.73. The van der Waals surface area contributed by atoms with Crippen molar-refractivity contribution in [1.82, 2.24) is 9.97 Å². The van der Waals surface area contributed by atoms with Crippen molar-refractivity contribution in [2.45, 2.75) is 6.61 Å². The van der Waals surface area contributed by atoms with Gasteiger partial charge in [-0.1, -0.05) is 54.1 Å². The lowest BCUT2D eigenvalue weighted by atomic mass is 10.1. The molecule has 2 heterocycles. The molecule has 3 aromatic carbocycles. The molecule has 1 N–H and O–H groups in total. The van der Waals surface area contributed by atoms with E-state index in [0.29, 0.717) is 11.6 Å². The van der Waals surface area contributed by atoms with Gasteiger partial charge >= 0.3 is 0 Å². The Balaban J connectivity index is 1.51. The summed E-state index contributed by atoms with van der Waals surface area (Å²) in [5, 5.41) is 3.09. The minimum atomic E-state index is 0.466. The minimum absolute atomic E-state index is 0.466. The van der Waals surface area contributed by atoms with E-state index < -0.39 is 0 Å². The van der Waals surface area contributed by atoms with E-state index in [1.54, 1.807) is 0 Å². The fourth-order valence-electron chi connectivity index (χ4n) is 3.52. The summed E-state index contributed by atoms with van der Waals surface area (Å²) in [6, 6.07) is 26.1. The van der Waals surface area contributed by atoms with Gasteiger partial charge in [0.2, 0.25) is 0 Å². The van der Waals surface area contributed by atoms with Gasteiger partial charge in [0.25, 0.3) is 0 Å². The molecule has 3 nitrogen and oxygen atoms in total. The number of pyridine rings is 1. The molecule has 0 atom stereocenters. The maximum absolute atomic E-state index is 6.05. The van der Waals surface area contributed by atoms with Crippen molar-refractivity contribution in [2.24, 2.45) is 0 Å². The zero-order valence-corrected chi connectivity index (χ0v) is 15.8. The highest BCUT2D eigenvalue weighted by atomic mass is 35.5. The van der Waals surface area contributed by atoms with E-state index >= 15 is 0 Å². The Morgan fingerprint density at radius 2 is 1.75 bits per heavy atom. The van der Waals surface area contributed by atoms with Crippen LogP contribution in [0.2, 0.25) is 5.02 Å². The van der Waals surface area contributed by atoms with Gasteiger partial charge in [0.1, 0.15) is 12.4 Å². The van der Waals surface area contributed by atoms with Crippen molar-refractivity contribution < 1.29 is 4.74 Å². The highest BCUT2D eigenvalue weighted by Crippen LogP contribution is 2.32. The number of halogens is 1. The van der Waals surface area contributed by atoms with E-state index in [-0.39, 0.29) is 0 Å². The third-order valence-electron chi connectivity index (χ3n) is 4.83. The lowest BCUT2D eigenvalue weighted by Gasteiger charge is -2.09. The Hall–Kier alpha value is -3.30. The fraction of sp³-hybridized carbons (Fsp3) is 0.0417. The Morgan fingerprint density at radius 1 is 0.857 bits per heavy atom. The number of benzene rings is 3. The summed E-state index contributed by atoms with van der Waals surface area (Å²) >= 11 is 6.05. The van der Waals surface area contributed by atoms with Crippen LogP contribution in [0.15, 0.2) is 85.1 Å². The second-order valence-electron chi connectivity index (χ2n) is 6.70. The standard InChI is InChI=1S/C24H17ClN2O/c25-18-7-3-5-16(13-18)15-28-19-8-4-6-17(14-19)23-24-21(11-12-26-23)20-9-1-2-10-22(20)27-24/h1-14,27H,15H2. The Kier molecular flexibility index (Phi) is 4.22. The summed E-state index contributed by atoms with van der Waals surface area (Å²) in [7, 11) is 0. The van der Waals surface area contributed by atoms with Crippen LogP contribution in [0, 0.1) is 0 Å². The molecule has 5 aromatic rings. The molecule has 0 spiro atoms. The average Bonchev–Trinajstić information content (AvgIpc) is 3.11. The van der Waals surface area contributed by atoms with E-state index in [2.05, 4.69) is 40.3 Å². The number of rotatable bonds is 4. The van der Waals surface area contributed by atoms with Crippen LogP contribution in [-0.2, 0) is 6.61 Å². The van der Waals surface area contributed by atoms with Crippen LogP contribution >= 0.6 is 11.6 Å². The van der Waals surface area contributed by atoms with Gasteiger partial charge in [-0.25, -0.2) is 0 Å². The van der Waals surface area contributed by atoms with Gasteiger partial charge in [-0.15, -0.1) is 0 Å². The van der Waals surface area contributed by atoms with Crippen molar-refractivity contribution in [3.8, 4) is 17.0 Å². The average molecular weight is 385 g/mol. The molecular weight excluding hydrogens is 368 g/mol. The third-order valence-corrected chi connectivity index (χ3v) is 5.06. The van der Waals surface area contributed by atoms with E-state index in [4.69, 9.17) is 16.3 Å². The van der Waals surface area contributed by atoms with Crippen molar-refractivity contribution in [2.75, 3.05) is 0 Å². The monoisotopic (exact) mass is 384 g/mol. The minimum Gasteiger partial charge on any atom is -0.489 e. The number of aromatic nitrogens is 2. The Bertz CT molecular complexity index is 1290. The maximum Gasteiger partial charge on any atom is 0.120 e. The molecule has 0 saturated heterocycles.